The van der Waals surface area contributed by atoms with Crippen molar-refractivity contribution in [2.45, 2.75) is 51.0 Å². The summed E-state index contributed by atoms with van der Waals surface area (Å²) >= 11 is 0. The van der Waals surface area contributed by atoms with Crippen LogP contribution in [0.4, 0.5) is 10.5 Å². The number of carbonyl (C=O) groups excluding carboxylic acids is 1. The van der Waals surface area contributed by atoms with Crippen LogP contribution in [0.25, 0.3) is 0 Å². The third-order valence-electron chi connectivity index (χ3n) is 4.83. The molecule has 2 N–H and O–H groups in total. The molecule has 2 heterocycles. The molecular weight excluding hydrogens is 280 g/mol. The average molecular weight is 302 g/mol. The van der Waals surface area contributed by atoms with E-state index in [1.807, 2.05) is 0 Å². The van der Waals surface area contributed by atoms with Gasteiger partial charge in [-0.15, -0.1) is 0 Å². The van der Waals surface area contributed by atoms with Gasteiger partial charge in [-0.25, -0.2) is 4.79 Å². The Kier molecular flexibility index (Phi) is 3.56. The highest BCUT2D eigenvalue weighted by molar-refractivity contribution is 5.93. The molecule has 0 saturated heterocycles. The zero-order valence-electron chi connectivity index (χ0n) is 12.7. The Bertz CT molecular complexity index is 562. The first kappa shape index (κ1) is 13.7. The van der Waals surface area contributed by atoms with Gasteiger partial charge in [-0.1, -0.05) is 19.3 Å². The average Bonchev–Trinajstić information content (AvgIpc) is 3.16. The molecule has 2 amide bonds. The van der Waals surface area contributed by atoms with Crippen LogP contribution in [-0.4, -0.2) is 25.3 Å². The molecule has 1 aromatic rings. The number of amides is 2. The first-order valence-corrected chi connectivity index (χ1v) is 8.33. The molecule has 0 bridgehead atoms. The van der Waals surface area contributed by atoms with E-state index in [1.54, 1.807) is 0 Å². The third kappa shape index (κ3) is 2.49. The number of fused-ring (bicyclic) bond motifs is 2. The SMILES string of the molecule is O=C(Nc1c2c(cc3c1OCC3)OCC2)NC1CCCCC1. The molecule has 118 valence electrons. The maximum atomic E-state index is 12.4. The number of rotatable bonds is 2. The van der Waals surface area contributed by atoms with Gasteiger partial charge in [0.05, 0.1) is 18.9 Å². The van der Waals surface area contributed by atoms with E-state index >= 15 is 0 Å². The van der Waals surface area contributed by atoms with Crippen LogP contribution in [0.5, 0.6) is 11.5 Å². The summed E-state index contributed by atoms with van der Waals surface area (Å²) in [4.78, 5) is 12.4. The molecule has 0 atom stereocenters. The molecule has 4 rings (SSSR count). The van der Waals surface area contributed by atoms with Crippen LogP contribution in [0.3, 0.4) is 0 Å². The zero-order chi connectivity index (χ0) is 14.9. The molecule has 1 saturated carbocycles. The quantitative estimate of drug-likeness (QED) is 0.883. The van der Waals surface area contributed by atoms with Crippen LogP contribution in [0.15, 0.2) is 6.07 Å². The van der Waals surface area contributed by atoms with E-state index in [1.165, 1.54) is 19.3 Å². The minimum absolute atomic E-state index is 0.120. The van der Waals surface area contributed by atoms with Crippen LogP contribution in [0, 0.1) is 0 Å². The smallest absolute Gasteiger partial charge is 0.319 e. The number of anilines is 1. The van der Waals surface area contributed by atoms with E-state index < -0.39 is 0 Å². The number of ether oxygens (including phenoxy) is 2. The summed E-state index contributed by atoms with van der Waals surface area (Å²) in [6.07, 6.45) is 7.56. The van der Waals surface area contributed by atoms with E-state index in [0.717, 1.165) is 54.0 Å². The number of hydrogen-bond donors (Lipinski definition) is 2. The summed E-state index contributed by atoms with van der Waals surface area (Å²) in [5.41, 5.74) is 3.02. The van der Waals surface area contributed by atoms with Crippen molar-refractivity contribution < 1.29 is 14.3 Å². The van der Waals surface area contributed by atoms with Crippen molar-refractivity contribution in [2.75, 3.05) is 18.5 Å². The molecule has 2 aliphatic heterocycles. The van der Waals surface area contributed by atoms with Gasteiger partial charge >= 0.3 is 6.03 Å². The van der Waals surface area contributed by atoms with E-state index in [9.17, 15) is 4.79 Å². The van der Waals surface area contributed by atoms with Crippen molar-refractivity contribution in [2.24, 2.45) is 0 Å². The lowest BCUT2D eigenvalue weighted by atomic mass is 9.96. The van der Waals surface area contributed by atoms with Gasteiger partial charge in [-0.05, 0) is 18.9 Å². The highest BCUT2D eigenvalue weighted by Crippen LogP contribution is 2.44. The Balaban J connectivity index is 1.53. The minimum atomic E-state index is -0.120. The van der Waals surface area contributed by atoms with Crippen molar-refractivity contribution in [3.63, 3.8) is 0 Å². The van der Waals surface area contributed by atoms with E-state index in [0.29, 0.717) is 19.3 Å². The highest BCUT2D eigenvalue weighted by atomic mass is 16.5. The molecule has 3 aliphatic rings. The lowest BCUT2D eigenvalue weighted by molar-refractivity contribution is 0.244. The molecular formula is C17H22N2O3. The summed E-state index contributed by atoms with van der Waals surface area (Å²) in [6.45, 7) is 1.36. The van der Waals surface area contributed by atoms with Gasteiger partial charge in [0, 0.05) is 30.0 Å². The lowest BCUT2D eigenvalue weighted by Crippen LogP contribution is -2.39. The van der Waals surface area contributed by atoms with Crippen LogP contribution < -0.4 is 20.1 Å². The van der Waals surface area contributed by atoms with Gasteiger partial charge in [-0.2, -0.15) is 0 Å². The second-order valence-corrected chi connectivity index (χ2v) is 6.35. The van der Waals surface area contributed by atoms with Crippen molar-refractivity contribution in [1.29, 1.82) is 0 Å². The molecule has 5 nitrogen and oxygen atoms in total. The number of carbonyl (C=O) groups is 1. The van der Waals surface area contributed by atoms with Crippen LogP contribution in [0.2, 0.25) is 0 Å². The fourth-order valence-electron chi connectivity index (χ4n) is 3.70. The molecule has 0 unspecified atom stereocenters. The van der Waals surface area contributed by atoms with Crippen molar-refractivity contribution in [3.05, 3.63) is 17.2 Å². The maximum absolute atomic E-state index is 12.4. The molecule has 0 aromatic heterocycles. The van der Waals surface area contributed by atoms with Crippen LogP contribution in [0.1, 0.15) is 43.2 Å². The van der Waals surface area contributed by atoms with Gasteiger partial charge in [0.25, 0.3) is 0 Å². The summed E-state index contributed by atoms with van der Waals surface area (Å²) in [7, 11) is 0. The van der Waals surface area contributed by atoms with Gasteiger partial charge in [0.2, 0.25) is 0 Å². The number of nitrogens with one attached hydrogen (secondary N) is 2. The molecule has 0 radical (unpaired) electrons. The molecule has 0 spiro atoms. The zero-order valence-corrected chi connectivity index (χ0v) is 12.7. The minimum Gasteiger partial charge on any atom is -0.493 e. The topological polar surface area (TPSA) is 59.6 Å². The summed E-state index contributed by atoms with van der Waals surface area (Å²) in [5.74, 6) is 1.74. The molecule has 5 heteroatoms. The Morgan fingerprint density at radius 3 is 2.77 bits per heavy atom. The number of benzene rings is 1. The Morgan fingerprint density at radius 2 is 1.91 bits per heavy atom. The third-order valence-corrected chi connectivity index (χ3v) is 4.83. The second-order valence-electron chi connectivity index (χ2n) is 6.35. The Hall–Kier alpha value is -1.91. The summed E-state index contributed by atoms with van der Waals surface area (Å²) in [6, 6.07) is 2.25. The van der Waals surface area contributed by atoms with Crippen LogP contribution >= 0.6 is 0 Å². The number of hydrogen-bond acceptors (Lipinski definition) is 3. The Labute approximate surface area is 130 Å². The van der Waals surface area contributed by atoms with E-state index in [4.69, 9.17) is 9.47 Å². The molecule has 1 aromatic carbocycles. The fraction of sp³-hybridized carbons (Fsp3) is 0.588. The molecule has 22 heavy (non-hydrogen) atoms. The first-order chi connectivity index (χ1) is 10.8. The van der Waals surface area contributed by atoms with Gasteiger partial charge < -0.3 is 20.1 Å². The van der Waals surface area contributed by atoms with Crippen molar-refractivity contribution in [3.8, 4) is 11.5 Å². The van der Waals surface area contributed by atoms with Crippen LogP contribution in [-0.2, 0) is 12.8 Å². The molecule has 1 aliphatic carbocycles. The van der Waals surface area contributed by atoms with Gasteiger partial charge in [-0.3, -0.25) is 0 Å². The predicted octanol–water partition coefficient (Wildman–Crippen LogP) is 3.01. The fourth-order valence-corrected chi connectivity index (χ4v) is 3.70. The second kappa shape index (κ2) is 5.71. The normalized spacial score (nSPS) is 19.8. The Morgan fingerprint density at radius 1 is 1.09 bits per heavy atom. The van der Waals surface area contributed by atoms with E-state index in [2.05, 4.69) is 16.7 Å². The highest BCUT2D eigenvalue weighted by Gasteiger charge is 2.28. The molecule has 1 fully saturated rings. The standard InChI is InChI=1S/C17H22N2O3/c20-17(18-12-4-2-1-3-5-12)19-15-13-7-9-21-14(13)10-11-6-8-22-16(11)15/h10,12H,1-9H2,(H2,18,19,20). The predicted molar refractivity (Wildman–Crippen MR) is 83.9 cm³/mol. The summed E-state index contributed by atoms with van der Waals surface area (Å²) in [5, 5.41) is 6.14. The lowest BCUT2D eigenvalue weighted by Gasteiger charge is -2.23. The van der Waals surface area contributed by atoms with Crippen molar-refractivity contribution >= 4 is 11.7 Å². The largest absolute Gasteiger partial charge is 0.493 e. The van der Waals surface area contributed by atoms with Gasteiger partial charge in [0.15, 0.2) is 0 Å². The van der Waals surface area contributed by atoms with Gasteiger partial charge in [0.1, 0.15) is 11.5 Å². The van der Waals surface area contributed by atoms with E-state index in [-0.39, 0.29) is 6.03 Å². The summed E-state index contributed by atoms with van der Waals surface area (Å²) < 4.78 is 11.4. The maximum Gasteiger partial charge on any atom is 0.319 e. The van der Waals surface area contributed by atoms with Crippen molar-refractivity contribution in [1.82, 2.24) is 5.32 Å². The number of urea groups is 1. The first-order valence-electron chi connectivity index (χ1n) is 8.33. The monoisotopic (exact) mass is 302 g/mol.